The van der Waals surface area contributed by atoms with Gasteiger partial charge in [0.1, 0.15) is 0 Å². The van der Waals surface area contributed by atoms with Crippen molar-refractivity contribution in [2.75, 3.05) is 13.1 Å². The number of aromatic nitrogens is 2. The van der Waals surface area contributed by atoms with Gasteiger partial charge in [0.15, 0.2) is 0 Å². The normalized spacial score (nSPS) is 11.8. The van der Waals surface area contributed by atoms with Crippen LogP contribution < -0.4 is 5.56 Å². The molecule has 0 bridgehead atoms. The average molecular weight is 335 g/mol. The fourth-order valence-corrected chi connectivity index (χ4v) is 3.81. The van der Waals surface area contributed by atoms with Crippen molar-refractivity contribution in [2.24, 2.45) is 0 Å². The summed E-state index contributed by atoms with van der Waals surface area (Å²) in [5.74, 6) is 0. The number of pyridine rings is 2. The van der Waals surface area contributed by atoms with E-state index in [0.29, 0.717) is 26.1 Å². The van der Waals surface area contributed by atoms with Gasteiger partial charge in [-0.25, -0.2) is 8.42 Å². The van der Waals surface area contributed by atoms with E-state index < -0.39 is 10.0 Å². The van der Waals surface area contributed by atoms with Crippen LogP contribution >= 0.6 is 0 Å². The van der Waals surface area contributed by atoms with E-state index in [2.05, 4.69) is 4.98 Å². The predicted molar refractivity (Wildman–Crippen MR) is 88.7 cm³/mol. The fourth-order valence-electron chi connectivity index (χ4n) is 2.33. The number of rotatable bonds is 7. The molecular weight excluding hydrogens is 314 g/mol. The van der Waals surface area contributed by atoms with Gasteiger partial charge in [-0.2, -0.15) is 4.31 Å². The molecule has 0 aliphatic carbocycles. The lowest BCUT2D eigenvalue weighted by molar-refractivity contribution is 0.444. The van der Waals surface area contributed by atoms with Gasteiger partial charge in [-0.15, -0.1) is 0 Å². The predicted octanol–water partition coefficient (Wildman–Crippen LogP) is 1.52. The molecule has 23 heavy (non-hydrogen) atoms. The smallest absolute Gasteiger partial charge is 0.250 e. The summed E-state index contributed by atoms with van der Waals surface area (Å²) in [6.45, 7) is 4.76. The number of sulfonamides is 1. The summed E-state index contributed by atoms with van der Waals surface area (Å²) in [6.07, 6.45) is 3.67. The molecule has 2 aromatic rings. The van der Waals surface area contributed by atoms with E-state index in [9.17, 15) is 13.2 Å². The van der Waals surface area contributed by atoms with Crippen LogP contribution in [0.25, 0.3) is 0 Å². The molecule has 7 heteroatoms. The first-order valence-electron chi connectivity index (χ1n) is 7.59. The van der Waals surface area contributed by atoms with Gasteiger partial charge in [0.2, 0.25) is 10.0 Å². The highest BCUT2D eigenvalue weighted by atomic mass is 32.2. The monoisotopic (exact) mass is 335 g/mol. The Bertz CT molecular complexity index is 797. The highest BCUT2D eigenvalue weighted by Crippen LogP contribution is 2.13. The molecule has 2 aromatic heterocycles. The second-order valence-corrected chi connectivity index (χ2v) is 6.99. The van der Waals surface area contributed by atoms with Crippen molar-refractivity contribution in [1.82, 2.24) is 13.9 Å². The van der Waals surface area contributed by atoms with Crippen molar-refractivity contribution >= 4 is 10.0 Å². The largest absolute Gasteiger partial charge is 0.314 e. The van der Waals surface area contributed by atoms with E-state index in [4.69, 9.17) is 0 Å². The molecule has 0 aliphatic heterocycles. The zero-order valence-corrected chi connectivity index (χ0v) is 14.2. The highest BCUT2D eigenvalue weighted by molar-refractivity contribution is 7.89. The molecule has 0 aromatic carbocycles. The second-order valence-electron chi connectivity index (χ2n) is 5.06. The SMILES string of the molecule is CCN(CC)S(=O)(=O)c1ccc(=O)n(CCc2ccccn2)c1. The Morgan fingerprint density at radius 3 is 2.48 bits per heavy atom. The van der Waals surface area contributed by atoms with E-state index >= 15 is 0 Å². The first-order chi connectivity index (χ1) is 11.0. The van der Waals surface area contributed by atoms with Crippen LogP contribution in [0.1, 0.15) is 19.5 Å². The van der Waals surface area contributed by atoms with Crippen LogP contribution in [0.3, 0.4) is 0 Å². The Balaban J connectivity index is 2.27. The molecule has 0 N–H and O–H groups in total. The first kappa shape index (κ1) is 17.4. The molecule has 0 amide bonds. The van der Waals surface area contributed by atoms with Crippen LogP contribution in [-0.4, -0.2) is 35.4 Å². The summed E-state index contributed by atoms with van der Waals surface area (Å²) in [5, 5.41) is 0. The van der Waals surface area contributed by atoms with Gasteiger partial charge < -0.3 is 4.57 Å². The summed E-state index contributed by atoms with van der Waals surface area (Å²) >= 11 is 0. The first-order valence-corrected chi connectivity index (χ1v) is 9.03. The zero-order valence-electron chi connectivity index (χ0n) is 13.3. The maximum absolute atomic E-state index is 12.5. The fraction of sp³-hybridized carbons (Fsp3) is 0.375. The summed E-state index contributed by atoms with van der Waals surface area (Å²) in [5.41, 5.74) is 0.635. The van der Waals surface area contributed by atoms with Gasteiger partial charge in [-0.1, -0.05) is 19.9 Å². The van der Waals surface area contributed by atoms with E-state index in [1.54, 1.807) is 20.0 Å². The van der Waals surface area contributed by atoms with Gasteiger partial charge in [0.05, 0.1) is 4.90 Å². The van der Waals surface area contributed by atoms with E-state index in [1.165, 1.54) is 27.2 Å². The minimum atomic E-state index is -3.57. The van der Waals surface area contributed by atoms with Gasteiger partial charge in [0.25, 0.3) is 5.56 Å². The van der Waals surface area contributed by atoms with E-state index in [0.717, 1.165) is 5.69 Å². The molecule has 2 heterocycles. The summed E-state index contributed by atoms with van der Waals surface area (Å²) in [6, 6.07) is 8.25. The maximum Gasteiger partial charge on any atom is 0.250 e. The average Bonchev–Trinajstić information content (AvgIpc) is 2.55. The number of hydrogen-bond donors (Lipinski definition) is 0. The van der Waals surface area contributed by atoms with Crippen molar-refractivity contribution < 1.29 is 8.42 Å². The number of aryl methyl sites for hydroxylation is 2. The Hall–Kier alpha value is -1.99. The van der Waals surface area contributed by atoms with Crippen molar-refractivity contribution in [2.45, 2.75) is 31.7 Å². The molecule has 0 unspecified atom stereocenters. The summed E-state index contributed by atoms with van der Waals surface area (Å²) < 4.78 is 27.9. The molecule has 2 rings (SSSR count). The third kappa shape index (κ3) is 4.05. The second kappa shape index (κ2) is 7.52. The third-order valence-corrected chi connectivity index (χ3v) is 5.67. The van der Waals surface area contributed by atoms with Gasteiger partial charge in [-0.3, -0.25) is 9.78 Å². The summed E-state index contributed by atoms with van der Waals surface area (Å²) in [4.78, 5) is 16.3. The van der Waals surface area contributed by atoms with Crippen molar-refractivity contribution in [1.29, 1.82) is 0 Å². The van der Waals surface area contributed by atoms with Gasteiger partial charge in [-0.05, 0) is 18.2 Å². The van der Waals surface area contributed by atoms with Crippen LogP contribution in [0.5, 0.6) is 0 Å². The lowest BCUT2D eigenvalue weighted by Gasteiger charge is -2.19. The highest BCUT2D eigenvalue weighted by Gasteiger charge is 2.22. The lowest BCUT2D eigenvalue weighted by atomic mass is 10.2. The standard InChI is InChI=1S/C16H21N3O3S/c1-3-19(4-2)23(21,22)15-8-9-16(20)18(13-15)12-10-14-7-5-6-11-17-14/h5-9,11,13H,3-4,10,12H2,1-2H3. The quantitative estimate of drug-likeness (QED) is 0.769. The molecule has 0 fully saturated rings. The zero-order chi connectivity index (χ0) is 16.9. The van der Waals surface area contributed by atoms with E-state index in [1.807, 2.05) is 18.2 Å². The van der Waals surface area contributed by atoms with Crippen LogP contribution in [0, 0.1) is 0 Å². The molecule has 0 atom stereocenters. The van der Waals surface area contributed by atoms with E-state index in [-0.39, 0.29) is 10.5 Å². The van der Waals surface area contributed by atoms with Crippen LogP contribution in [0.2, 0.25) is 0 Å². The summed E-state index contributed by atoms with van der Waals surface area (Å²) in [7, 11) is -3.57. The van der Waals surface area contributed by atoms with Crippen LogP contribution in [0.15, 0.2) is 52.4 Å². The minimum absolute atomic E-state index is 0.141. The van der Waals surface area contributed by atoms with Gasteiger partial charge >= 0.3 is 0 Å². The Morgan fingerprint density at radius 2 is 1.87 bits per heavy atom. The Kier molecular flexibility index (Phi) is 5.68. The molecule has 0 spiro atoms. The van der Waals surface area contributed by atoms with Crippen molar-refractivity contribution in [3.8, 4) is 0 Å². The van der Waals surface area contributed by atoms with Crippen LogP contribution in [-0.2, 0) is 23.0 Å². The lowest BCUT2D eigenvalue weighted by Crippen LogP contribution is -2.32. The molecule has 0 saturated carbocycles. The number of nitrogens with zero attached hydrogens (tertiary/aromatic N) is 3. The molecule has 0 saturated heterocycles. The maximum atomic E-state index is 12.5. The molecule has 0 radical (unpaired) electrons. The third-order valence-electron chi connectivity index (χ3n) is 3.63. The molecule has 124 valence electrons. The number of hydrogen-bond acceptors (Lipinski definition) is 4. The van der Waals surface area contributed by atoms with Crippen LogP contribution in [0.4, 0.5) is 0 Å². The molecule has 0 aliphatic rings. The molecular formula is C16H21N3O3S. The topological polar surface area (TPSA) is 72.3 Å². The van der Waals surface area contributed by atoms with Crippen molar-refractivity contribution in [3.05, 3.63) is 58.8 Å². The Labute approximate surface area is 136 Å². The Morgan fingerprint density at radius 1 is 1.13 bits per heavy atom. The van der Waals surface area contributed by atoms with Gasteiger partial charge in [0, 0.05) is 50.2 Å². The molecule has 6 nitrogen and oxygen atoms in total. The minimum Gasteiger partial charge on any atom is -0.314 e. The van der Waals surface area contributed by atoms with Crippen molar-refractivity contribution in [3.63, 3.8) is 0 Å².